The second-order valence-corrected chi connectivity index (χ2v) is 6.52. The van der Waals surface area contributed by atoms with E-state index < -0.39 is 0 Å². The van der Waals surface area contributed by atoms with Gasteiger partial charge in [0.1, 0.15) is 12.2 Å². The maximum Gasteiger partial charge on any atom is 0.345 e. The number of rotatable bonds is 5. The van der Waals surface area contributed by atoms with E-state index in [2.05, 4.69) is 9.97 Å². The topological polar surface area (TPSA) is 76.6 Å². The van der Waals surface area contributed by atoms with E-state index >= 15 is 0 Å². The molecule has 1 aromatic carbocycles. The van der Waals surface area contributed by atoms with Crippen molar-refractivity contribution >= 4 is 17.4 Å². The molecule has 0 radical (unpaired) electrons. The van der Waals surface area contributed by atoms with Crippen LogP contribution in [0.3, 0.4) is 0 Å². The summed E-state index contributed by atoms with van der Waals surface area (Å²) in [6.45, 7) is 3.37. The van der Waals surface area contributed by atoms with Crippen LogP contribution in [0.25, 0.3) is 0 Å². The smallest absolute Gasteiger partial charge is 0.345 e. The Morgan fingerprint density at radius 3 is 2.46 bits per heavy atom. The van der Waals surface area contributed by atoms with Gasteiger partial charge in [-0.15, -0.1) is 4.58 Å². The summed E-state index contributed by atoms with van der Waals surface area (Å²) in [5.41, 5.74) is 2.58. The Morgan fingerprint density at radius 1 is 1.11 bits per heavy atom. The number of methoxy groups -OCH3 is 1. The molecule has 0 saturated heterocycles. The lowest BCUT2D eigenvalue weighted by atomic mass is 9.90. The number of carbonyl (C=O) groups is 2. The molecule has 2 aliphatic rings. The number of halogens is 1. The van der Waals surface area contributed by atoms with Crippen LogP contribution in [0.5, 0.6) is 0 Å². The Bertz CT molecular complexity index is 1000. The third-order valence-electron chi connectivity index (χ3n) is 5.00. The van der Waals surface area contributed by atoms with Crippen LogP contribution in [0.2, 0.25) is 0 Å². The summed E-state index contributed by atoms with van der Waals surface area (Å²) in [6.07, 6.45) is 4.90. The van der Waals surface area contributed by atoms with E-state index in [-0.39, 0.29) is 28.5 Å². The Hall–Kier alpha value is -2.55. The van der Waals surface area contributed by atoms with E-state index in [0.717, 1.165) is 16.4 Å². The van der Waals surface area contributed by atoms with Crippen LogP contribution in [0.15, 0.2) is 54.3 Å². The average molecular weight is 444 g/mol. The lowest BCUT2D eigenvalue weighted by molar-refractivity contribution is -0.770. The number of quaternary nitrogens is 1. The van der Waals surface area contributed by atoms with Gasteiger partial charge in [-0.3, -0.25) is 19.6 Å². The third-order valence-corrected chi connectivity index (χ3v) is 5.00. The maximum atomic E-state index is 13.3. The van der Waals surface area contributed by atoms with Gasteiger partial charge >= 0.3 is 11.5 Å². The Morgan fingerprint density at radius 2 is 1.82 bits per heavy atom. The molecule has 4 rings (SSSR count). The zero-order chi connectivity index (χ0) is 19.0. The highest BCUT2D eigenvalue weighted by Gasteiger charge is 2.53. The molecule has 1 atom stereocenters. The average Bonchev–Trinajstić information content (AvgIpc) is 2.97. The molecule has 8 heteroatoms. The summed E-state index contributed by atoms with van der Waals surface area (Å²) in [6, 6.07) is 6.99. The molecule has 1 aromatic heterocycles. The first kappa shape index (κ1) is 20.2. The number of hydrogen-bond acceptors (Lipinski definition) is 5. The molecule has 144 valence electrons. The van der Waals surface area contributed by atoms with Gasteiger partial charge in [0.2, 0.25) is 0 Å². The molecular weight excluding hydrogens is 424 g/mol. The van der Waals surface area contributed by atoms with E-state index in [0.29, 0.717) is 42.2 Å². The van der Waals surface area contributed by atoms with Crippen LogP contribution in [0.4, 0.5) is 0 Å². The molecule has 0 amide bonds. The molecule has 2 heterocycles. The first-order valence-corrected chi connectivity index (χ1v) is 8.77. The number of ketones is 2. The molecule has 0 spiro atoms. The largest absolute Gasteiger partial charge is 1.00 e. The van der Waals surface area contributed by atoms with Gasteiger partial charge in [0.25, 0.3) is 17.3 Å². The van der Waals surface area contributed by atoms with Crippen LogP contribution in [0.1, 0.15) is 33.3 Å². The van der Waals surface area contributed by atoms with Gasteiger partial charge in [0.15, 0.2) is 6.54 Å². The fourth-order valence-corrected chi connectivity index (χ4v) is 3.69. The predicted octanol–water partition coefficient (Wildman–Crippen LogP) is -2.75. The van der Waals surface area contributed by atoms with Crippen molar-refractivity contribution in [2.75, 3.05) is 20.3 Å². The second kappa shape index (κ2) is 8.22. The molecule has 1 aliphatic heterocycles. The minimum Gasteiger partial charge on any atom is -1.00 e. The summed E-state index contributed by atoms with van der Waals surface area (Å²) < 4.78 is 7.11. The van der Waals surface area contributed by atoms with Crippen LogP contribution in [-0.2, 0) is 11.3 Å². The predicted molar refractivity (Wildman–Crippen MR) is 96.5 cm³/mol. The van der Waals surface area contributed by atoms with Gasteiger partial charge in [-0.2, -0.15) is 0 Å². The quantitative estimate of drug-likeness (QED) is 0.507. The first-order chi connectivity index (χ1) is 13.1. The minimum absolute atomic E-state index is 0. The van der Waals surface area contributed by atoms with E-state index in [1.807, 2.05) is 11.5 Å². The molecule has 2 aromatic rings. The highest BCUT2D eigenvalue weighted by molar-refractivity contribution is 6.25. The molecule has 0 saturated carbocycles. The number of nitrogens with one attached hydrogen (secondary N) is 1. The van der Waals surface area contributed by atoms with Gasteiger partial charge in [0, 0.05) is 30.6 Å². The van der Waals surface area contributed by atoms with Crippen molar-refractivity contribution in [1.82, 2.24) is 9.97 Å². The number of benzene rings is 1. The highest BCUT2D eigenvalue weighted by Crippen LogP contribution is 2.27. The lowest BCUT2D eigenvalue weighted by Crippen LogP contribution is -3.13. The van der Waals surface area contributed by atoms with Crippen molar-refractivity contribution in [3.05, 3.63) is 71.1 Å². The number of hydrogen-bond donors (Lipinski definition) is 1. The molecule has 1 N–H and O–H groups in total. The van der Waals surface area contributed by atoms with Gasteiger partial charge in [0.05, 0.1) is 19.7 Å². The summed E-state index contributed by atoms with van der Waals surface area (Å²) >= 11 is 0. The van der Waals surface area contributed by atoms with Gasteiger partial charge in [-0.05, 0) is 0 Å². The molecule has 1 aliphatic carbocycles. The molecule has 0 bridgehead atoms. The number of ether oxygens (including phenoxy) is 1. The van der Waals surface area contributed by atoms with Crippen molar-refractivity contribution < 1.29 is 40.8 Å². The summed E-state index contributed by atoms with van der Waals surface area (Å²) in [5, 5.41) is 0. The summed E-state index contributed by atoms with van der Waals surface area (Å²) in [4.78, 5) is 35.8. The zero-order valence-corrected chi connectivity index (χ0v) is 17.2. The Kier molecular flexibility index (Phi) is 5.93. The number of nitrogens with zero attached hydrogens (tertiary/aromatic N) is 3. The van der Waals surface area contributed by atoms with Crippen LogP contribution < -0.4 is 21.9 Å². The fraction of sp³-hybridized carbons (Fsp3) is 0.250. The number of Topliss-reactive ketones (excluding diaryl/α,β-unsaturated/α-hetero) is 2. The van der Waals surface area contributed by atoms with E-state index in [9.17, 15) is 9.59 Å². The van der Waals surface area contributed by atoms with Crippen LogP contribution >= 0.6 is 0 Å². The lowest BCUT2D eigenvalue weighted by Gasteiger charge is -2.15. The van der Waals surface area contributed by atoms with Gasteiger partial charge < -0.3 is 21.7 Å². The van der Waals surface area contributed by atoms with Crippen molar-refractivity contribution in [3.8, 4) is 0 Å². The zero-order valence-electron chi connectivity index (χ0n) is 15.6. The van der Waals surface area contributed by atoms with Crippen LogP contribution in [-0.4, -0.2) is 52.2 Å². The maximum absolute atomic E-state index is 13.3. The molecule has 7 nitrogen and oxygen atoms in total. The van der Waals surface area contributed by atoms with Crippen molar-refractivity contribution in [3.63, 3.8) is 0 Å². The Labute approximate surface area is 173 Å². The standard InChI is InChI=1S/C20H19N4O3.BrH/c1-13-23(9-10-27-2)17-18(24(13)12-14-11-21-7-8-22-14)20(26)16-6-4-3-5-15(16)19(17)25;/h3-8,11H,9-10,12H2,1-2H3;1H/q+1;. The third kappa shape index (κ3) is 3.23. The minimum atomic E-state index is -0.129. The first-order valence-electron chi connectivity index (χ1n) is 8.77. The fourth-order valence-electron chi connectivity index (χ4n) is 3.69. The van der Waals surface area contributed by atoms with Gasteiger partial charge in [-0.25, -0.2) is 4.90 Å². The molecule has 1 unspecified atom stereocenters. The monoisotopic (exact) mass is 443 g/mol. The Balaban J connectivity index is 0.00000225. The normalized spacial score (nSPS) is 18.1. The van der Waals surface area contributed by atoms with E-state index in [1.165, 1.54) is 0 Å². The number of fused-ring (bicyclic) bond motifs is 1. The number of amidine groups is 1. The van der Waals surface area contributed by atoms with Crippen molar-refractivity contribution in [2.24, 2.45) is 0 Å². The highest BCUT2D eigenvalue weighted by atomic mass is 79.9. The second-order valence-electron chi connectivity index (χ2n) is 6.52. The van der Waals surface area contributed by atoms with Gasteiger partial charge in [-0.1, -0.05) is 24.3 Å². The van der Waals surface area contributed by atoms with E-state index in [4.69, 9.17) is 4.74 Å². The summed E-state index contributed by atoms with van der Waals surface area (Å²) in [7, 11) is 1.63. The SMILES string of the molecule is COCC[NH+]1C2=C(C(=O)c3ccccc3C2=O)[N+](Cc2cnccn2)=C1C.[Br-]. The molecule has 28 heavy (non-hydrogen) atoms. The molecule has 0 fully saturated rings. The number of carbonyl (C=O) groups excluding carboxylic acids is 2. The van der Waals surface area contributed by atoms with E-state index in [1.54, 1.807) is 50.0 Å². The molecular formula is C20H20BrN4O3+. The van der Waals surface area contributed by atoms with Crippen LogP contribution in [0, 0.1) is 0 Å². The van der Waals surface area contributed by atoms with Crippen molar-refractivity contribution in [2.45, 2.75) is 13.5 Å². The summed E-state index contributed by atoms with van der Waals surface area (Å²) in [5.74, 6) is 0.653. The number of allylic oxidation sites excluding steroid dienone is 2. The number of aromatic nitrogens is 2. The van der Waals surface area contributed by atoms with Crippen molar-refractivity contribution in [1.29, 1.82) is 0 Å².